The number of carbonyl (C=O) groups is 2. The molecule has 3 aromatic rings. The van der Waals surface area contributed by atoms with Gasteiger partial charge in [0.1, 0.15) is 5.75 Å². The van der Waals surface area contributed by atoms with E-state index in [1.807, 2.05) is 30.3 Å². The molecule has 7 heteroatoms. The van der Waals surface area contributed by atoms with Gasteiger partial charge in [0.15, 0.2) is 11.5 Å². The van der Waals surface area contributed by atoms with Crippen LogP contribution in [0.5, 0.6) is 17.2 Å². The maximum atomic E-state index is 12.4. The standard InChI is InChI=1S/C25H24N2O5/c1-30-22-14-11-20(16-23(22)31-2)25(29)32-21-12-8-19(9-13-21)17-26-27-24(28)15-10-18-6-4-3-5-7-18/h3-9,11-14,16-17H,10,15H2,1-2H3,(H,27,28)/b26-17-. The summed E-state index contributed by atoms with van der Waals surface area (Å²) in [5.41, 5.74) is 4.70. The van der Waals surface area contributed by atoms with E-state index in [-0.39, 0.29) is 5.91 Å². The van der Waals surface area contributed by atoms with Gasteiger partial charge in [-0.05, 0) is 60.0 Å². The Hall–Kier alpha value is -4.13. The van der Waals surface area contributed by atoms with Crippen molar-refractivity contribution in [2.24, 2.45) is 5.10 Å². The summed E-state index contributed by atoms with van der Waals surface area (Å²) in [5.74, 6) is 0.677. The lowest BCUT2D eigenvalue weighted by molar-refractivity contribution is -0.121. The zero-order chi connectivity index (χ0) is 22.8. The van der Waals surface area contributed by atoms with E-state index in [9.17, 15) is 9.59 Å². The smallest absolute Gasteiger partial charge is 0.343 e. The van der Waals surface area contributed by atoms with Gasteiger partial charge in [0.05, 0.1) is 26.0 Å². The number of amides is 1. The topological polar surface area (TPSA) is 86.2 Å². The van der Waals surface area contributed by atoms with Gasteiger partial charge in [-0.3, -0.25) is 4.79 Å². The van der Waals surface area contributed by atoms with E-state index in [0.717, 1.165) is 11.1 Å². The molecule has 0 radical (unpaired) electrons. The lowest BCUT2D eigenvalue weighted by atomic mass is 10.1. The summed E-state index contributed by atoms with van der Waals surface area (Å²) in [7, 11) is 3.02. The summed E-state index contributed by atoms with van der Waals surface area (Å²) in [4.78, 5) is 24.3. The normalized spacial score (nSPS) is 10.6. The fourth-order valence-electron chi connectivity index (χ4n) is 2.89. The minimum absolute atomic E-state index is 0.162. The molecule has 0 fully saturated rings. The van der Waals surface area contributed by atoms with Gasteiger partial charge in [0, 0.05) is 6.42 Å². The Kier molecular flexibility index (Phi) is 7.97. The fourth-order valence-corrected chi connectivity index (χ4v) is 2.89. The quantitative estimate of drug-likeness (QED) is 0.239. The van der Waals surface area contributed by atoms with Crippen LogP contribution in [0.4, 0.5) is 0 Å². The number of benzene rings is 3. The van der Waals surface area contributed by atoms with Crippen molar-refractivity contribution in [1.82, 2.24) is 5.43 Å². The molecule has 32 heavy (non-hydrogen) atoms. The Bertz CT molecular complexity index is 1080. The number of nitrogens with one attached hydrogen (secondary N) is 1. The number of methoxy groups -OCH3 is 2. The van der Waals surface area contributed by atoms with Crippen molar-refractivity contribution in [1.29, 1.82) is 0 Å². The van der Waals surface area contributed by atoms with Crippen LogP contribution in [0.25, 0.3) is 0 Å². The molecule has 0 aromatic heterocycles. The highest BCUT2D eigenvalue weighted by Gasteiger charge is 2.13. The van der Waals surface area contributed by atoms with Gasteiger partial charge >= 0.3 is 5.97 Å². The van der Waals surface area contributed by atoms with Gasteiger partial charge in [-0.2, -0.15) is 5.10 Å². The Morgan fingerprint density at radius 3 is 2.31 bits per heavy atom. The van der Waals surface area contributed by atoms with Gasteiger partial charge in [0.2, 0.25) is 5.91 Å². The number of hydrazone groups is 1. The van der Waals surface area contributed by atoms with E-state index in [4.69, 9.17) is 14.2 Å². The predicted molar refractivity (Wildman–Crippen MR) is 121 cm³/mol. The molecule has 164 valence electrons. The van der Waals surface area contributed by atoms with E-state index in [2.05, 4.69) is 10.5 Å². The highest BCUT2D eigenvalue weighted by molar-refractivity contribution is 5.92. The summed E-state index contributed by atoms with van der Waals surface area (Å²) in [6, 6.07) is 21.4. The maximum Gasteiger partial charge on any atom is 0.343 e. The Labute approximate surface area is 186 Å². The molecule has 0 bridgehead atoms. The first-order valence-electron chi connectivity index (χ1n) is 9.99. The van der Waals surface area contributed by atoms with E-state index in [1.165, 1.54) is 20.4 Å². The van der Waals surface area contributed by atoms with Crippen LogP contribution in [0.2, 0.25) is 0 Å². The number of rotatable bonds is 9. The lowest BCUT2D eigenvalue weighted by Crippen LogP contribution is -2.17. The first-order valence-corrected chi connectivity index (χ1v) is 9.99. The summed E-state index contributed by atoms with van der Waals surface area (Å²) >= 11 is 0. The highest BCUT2D eigenvalue weighted by Crippen LogP contribution is 2.28. The summed E-state index contributed by atoms with van der Waals surface area (Å²) in [6.45, 7) is 0. The van der Waals surface area contributed by atoms with Crippen LogP contribution in [0.15, 0.2) is 77.9 Å². The largest absolute Gasteiger partial charge is 0.493 e. The van der Waals surface area contributed by atoms with Gasteiger partial charge in [0.25, 0.3) is 0 Å². The Morgan fingerprint density at radius 2 is 1.62 bits per heavy atom. The molecular formula is C25H24N2O5. The average Bonchev–Trinajstić information content (AvgIpc) is 2.84. The summed E-state index contributed by atoms with van der Waals surface area (Å²) < 4.78 is 15.8. The molecule has 0 heterocycles. The molecule has 0 aliphatic carbocycles. The maximum absolute atomic E-state index is 12.4. The van der Waals surface area contributed by atoms with E-state index in [0.29, 0.717) is 35.7 Å². The zero-order valence-corrected chi connectivity index (χ0v) is 17.9. The van der Waals surface area contributed by atoms with Crippen LogP contribution in [0, 0.1) is 0 Å². The van der Waals surface area contributed by atoms with Gasteiger partial charge in [-0.25, -0.2) is 10.2 Å². The first-order chi connectivity index (χ1) is 15.6. The van der Waals surface area contributed by atoms with Gasteiger partial charge in [-0.15, -0.1) is 0 Å². The van der Waals surface area contributed by atoms with Crippen LogP contribution in [0.1, 0.15) is 27.9 Å². The average molecular weight is 432 g/mol. The van der Waals surface area contributed by atoms with Crippen molar-refractivity contribution >= 4 is 18.1 Å². The van der Waals surface area contributed by atoms with Gasteiger partial charge < -0.3 is 14.2 Å². The van der Waals surface area contributed by atoms with Crippen molar-refractivity contribution in [2.75, 3.05) is 14.2 Å². The van der Waals surface area contributed by atoms with E-state index >= 15 is 0 Å². The van der Waals surface area contributed by atoms with Crippen LogP contribution >= 0.6 is 0 Å². The number of hydrogen-bond acceptors (Lipinski definition) is 6. The second-order valence-corrected chi connectivity index (χ2v) is 6.81. The molecule has 0 aliphatic heterocycles. The van der Waals surface area contributed by atoms with Crippen molar-refractivity contribution in [2.45, 2.75) is 12.8 Å². The van der Waals surface area contributed by atoms with Crippen LogP contribution in [-0.2, 0) is 11.2 Å². The molecule has 3 rings (SSSR count). The number of aryl methyl sites for hydroxylation is 1. The van der Waals surface area contributed by atoms with E-state index in [1.54, 1.807) is 42.5 Å². The highest BCUT2D eigenvalue weighted by atomic mass is 16.5. The number of ether oxygens (including phenoxy) is 3. The Morgan fingerprint density at radius 1 is 0.906 bits per heavy atom. The molecule has 7 nitrogen and oxygen atoms in total. The van der Waals surface area contributed by atoms with Crippen molar-refractivity contribution in [3.8, 4) is 17.2 Å². The SMILES string of the molecule is COc1ccc(C(=O)Oc2ccc(/C=N\NC(=O)CCc3ccccc3)cc2)cc1OC. The third-order valence-electron chi connectivity index (χ3n) is 4.60. The second-order valence-electron chi connectivity index (χ2n) is 6.81. The zero-order valence-electron chi connectivity index (χ0n) is 17.9. The molecule has 0 spiro atoms. The number of carbonyl (C=O) groups excluding carboxylic acids is 2. The van der Waals surface area contributed by atoms with Crippen molar-refractivity contribution in [3.05, 3.63) is 89.5 Å². The molecule has 1 N–H and O–H groups in total. The number of esters is 1. The van der Waals surface area contributed by atoms with E-state index < -0.39 is 5.97 Å². The molecule has 3 aromatic carbocycles. The Balaban J connectivity index is 1.50. The summed E-state index contributed by atoms with van der Waals surface area (Å²) in [5, 5.41) is 3.97. The molecule has 1 amide bonds. The summed E-state index contributed by atoms with van der Waals surface area (Å²) in [6.07, 6.45) is 2.54. The third-order valence-corrected chi connectivity index (χ3v) is 4.60. The molecule has 0 unspecified atom stereocenters. The molecule has 0 saturated carbocycles. The molecule has 0 saturated heterocycles. The lowest BCUT2D eigenvalue weighted by Gasteiger charge is -2.09. The molecular weight excluding hydrogens is 408 g/mol. The van der Waals surface area contributed by atoms with Crippen molar-refractivity contribution < 1.29 is 23.8 Å². The predicted octanol–water partition coefficient (Wildman–Crippen LogP) is 4.01. The van der Waals surface area contributed by atoms with Crippen LogP contribution in [0.3, 0.4) is 0 Å². The van der Waals surface area contributed by atoms with Crippen LogP contribution in [-0.4, -0.2) is 32.3 Å². The first kappa shape index (κ1) is 22.6. The van der Waals surface area contributed by atoms with Crippen LogP contribution < -0.4 is 19.6 Å². The minimum Gasteiger partial charge on any atom is -0.493 e. The molecule has 0 atom stereocenters. The number of hydrogen-bond donors (Lipinski definition) is 1. The third kappa shape index (κ3) is 6.43. The van der Waals surface area contributed by atoms with Gasteiger partial charge in [-0.1, -0.05) is 30.3 Å². The fraction of sp³-hybridized carbons (Fsp3) is 0.160. The molecule has 0 aliphatic rings. The monoisotopic (exact) mass is 432 g/mol. The second kappa shape index (κ2) is 11.3. The number of nitrogens with zero attached hydrogens (tertiary/aromatic N) is 1. The minimum atomic E-state index is -0.516. The van der Waals surface area contributed by atoms with Crippen molar-refractivity contribution in [3.63, 3.8) is 0 Å².